The molecule has 0 spiro atoms. The molecule has 1 aromatic rings. The number of rotatable bonds is 7. The van der Waals surface area contributed by atoms with Crippen LogP contribution in [0.4, 0.5) is 10.5 Å². The van der Waals surface area contributed by atoms with E-state index < -0.39 is 18.0 Å². The Morgan fingerprint density at radius 1 is 1.37 bits per heavy atom. The van der Waals surface area contributed by atoms with Gasteiger partial charge < -0.3 is 15.0 Å². The predicted octanol–water partition coefficient (Wildman–Crippen LogP) is 1.10. The number of likely N-dealkylation sites (N-methyl/N-ethyl adjacent to an activating group) is 1. The molecular weight excluding hydrogens is 352 g/mol. The number of urea groups is 1. The Kier molecular flexibility index (Phi) is 6.49. The van der Waals surface area contributed by atoms with E-state index in [0.29, 0.717) is 11.3 Å². The molecule has 1 N–H and O–H groups in total. The Hall–Kier alpha value is -3.41. The zero-order valence-corrected chi connectivity index (χ0v) is 15.1. The van der Waals surface area contributed by atoms with Crippen molar-refractivity contribution < 1.29 is 23.9 Å². The van der Waals surface area contributed by atoms with E-state index in [1.54, 1.807) is 18.2 Å². The lowest BCUT2D eigenvalue weighted by atomic mass is 10.2. The second-order valence-electron chi connectivity index (χ2n) is 6.10. The van der Waals surface area contributed by atoms with Crippen molar-refractivity contribution in [3.05, 3.63) is 29.8 Å². The molecule has 1 aliphatic rings. The maximum atomic E-state index is 12.1. The molecule has 0 bridgehead atoms. The molecule has 9 nitrogen and oxygen atoms in total. The SMILES string of the molecule is C[C@H](OC(=O)CCCN1C(=O)CN(C)C1=O)C(=O)Nc1cccc(C#N)c1. The summed E-state index contributed by atoms with van der Waals surface area (Å²) in [6, 6.07) is 7.94. The topological polar surface area (TPSA) is 120 Å². The zero-order chi connectivity index (χ0) is 20.0. The molecule has 1 heterocycles. The summed E-state index contributed by atoms with van der Waals surface area (Å²) >= 11 is 0. The third-order valence-corrected chi connectivity index (χ3v) is 3.93. The maximum absolute atomic E-state index is 12.1. The molecule has 27 heavy (non-hydrogen) atoms. The highest BCUT2D eigenvalue weighted by Gasteiger charge is 2.33. The minimum Gasteiger partial charge on any atom is -0.453 e. The number of esters is 1. The van der Waals surface area contributed by atoms with E-state index >= 15 is 0 Å². The summed E-state index contributed by atoms with van der Waals surface area (Å²) in [5.74, 6) is -1.43. The van der Waals surface area contributed by atoms with Crippen LogP contribution in [-0.2, 0) is 19.1 Å². The number of benzene rings is 1. The van der Waals surface area contributed by atoms with Gasteiger partial charge in [0.25, 0.3) is 5.91 Å². The smallest absolute Gasteiger partial charge is 0.326 e. The van der Waals surface area contributed by atoms with Gasteiger partial charge in [0.05, 0.1) is 11.6 Å². The molecule has 142 valence electrons. The third kappa shape index (κ3) is 5.28. The summed E-state index contributed by atoms with van der Waals surface area (Å²) < 4.78 is 5.07. The minimum atomic E-state index is -1.02. The highest BCUT2D eigenvalue weighted by Crippen LogP contribution is 2.12. The number of anilines is 1. The van der Waals surface area contributed by atoms with Crippen LogP contribution < -0.4 is 5.32 Å². The zero-order valence-electron chi connectivity index (χ0n) is 15.1. The van der Waals surface area contributed by atoms with Crippen molar-refractivity contribution in [3.63, 3.8) is 0 Å². The number of nitriles is 1. The van der Waals surface area contributed by atoms with Gasteiger partial charge in [-0.05, 0) is 31.5 Å². The number of carbonyl (C=O) groups excluding carboxylic acids is 4. The van der Waals surface area contributed by atoms with Crippen LogP contribution in [0, 0.1) is 11.3 Å². The van der Waals surface area contributed by atoms with Crippen LogP contribution in [0.3, 0.4) is 0 Å². The second kappa shape index (κ2) is 8.80. The number of imide groups is 1. The van der Waals surface area contributed by atoms with Crippen LogP contribution in [-0.4, -0.2) is 59.9 Å². The van der Waals surface area contributed by atoms with Gasteiger partial charge in [-0.3, -0.25) is 19.3 Å². The van der Waals surface area contributed by atoms with Gasteiger partial charge >= 0.3 is 12.0 Å². The first-order chi connectivity index (χ1) is 12.8. The van der Waals surface area contributed by atoms with Crippen molar-refractivity contribution >= 4 is 29.5 Å². The normalized spacial score (nSPS) is 14.7. The molecule has 1 aromatic carbocycles. The van der Waals surface area contributed by atoms with E-state index in [2.05, 4.69) is 5.32 Å². The van der Waals surface area contributed by atoms with Crippen molar-refractivity contribution in [1.29, 1.82) is 5.26 Å². The summed E-state index contributed by atoms with van der Waals surface area (Å²) in [5.41, 5.74) is 0.825. The Morgan fingerprint density at radius 2 is 2.11 bits per heavy atom. The van der Waals surface area contributed by atoms with E-state index in [-0.39, 0.29) is 37.9 Å². The fourth-order valence-electron chi connectivity index (χ4n) is 2.49. The number of nitrogens with one attached hydrogen (secondary N) is 1. The van der Waals surface area contributed by atoms with Crippen molar-refractivity contribution in [2.24, 2.45) is 0 Å². The van der Waals surface area contributed by atoms with E-state index in [0.717, 1.165) is 4.90 Å². The summed E-state index contributed by atoms with van der Waals surface area (Å²) in [5, 5.41) is 11.4. The number of carbonyl (C=O) groups is 4. The second-order valence-corrected chi connectivity index (χ2v) is 6.10. The number of amides is 4. The first kappa shape index (κ1) is 19.9. The van der Waals surface area contributed by atoms with Gasteiger partial charge in [-0.1, -0.05) is 6.07 Å². The third-order valence-electron chi connectivity index (χ3n) is 3.93. The van der Waals surface area contributed by atoms with Gasteiger partial charge in [0, 0.05) is 25.7 Å². The molecule has 0 unspecified atom stereocenters. The van der Waals surface area contributed by atoms with Gasteiger partial charge in [-0.15, -0.1) is 0 Å². The molecule has 1 aliphatic heterocycles. The molecule has 0 radical (unpaired) electrons. The summed E-state index contributed by atoms with van der Waals surface area (Å²) in [7, 11) is 1.53. The van der Waals surface area contributed by atoms with Crippen LogP contribution in [0.25, 0.3) is 0 Å². The van der Waals surface area contributed by atoms with Crippen LogP contribution in [0.2, 0.25) is 0 Å². The molecule has 1 saturated heterocycles. The fraction of sp³-hybridized carbons (Fsp3) is 0.389. The Balaban J connectivity index is 1.76. The molecule has 9 heteroatoms. The van der Waals surface area contributed by atoms with Crippen molar-refractivity contribution in [1.82, 2.24) is 9.80 Å². The first-order valence-corrected chi connectivity index (χ1v) is 8.37. The summed E-state index contributed by atoms with van der Waals surface area (Å²) in [6.07, 6.45) is -0.796. The van der Waals surface area contributed by atoms with E-state index in [4.69, 9.17) is 10.00 Å². The lowest BCUT2D eigenvalue weighted by Gasteiger charge is -2.15. The monoisotopic (exact) mass is 372 g/mol. The van der Waals surface area contributed by atoms with Crippen molar-refractivity contribution in [3.8, 4) is 6.07 Å². The standard InChI is InChI=1S/C18H20N4O5/c1-12(17(25)20-14-6-3-5-13(9-14)10-19)27-16(24)7-4-8-22-15(23)11-21(2)18(22)26/h3,5-6,9,12H,4,7-8,11H2,1-2H3,(H,20,25)/t12-/m0/s1. The van der Waals surface area contributed by atoms with Crippen molar-refractivity contribution in [2.45, 2.75) is 25.9 Å². The molecule has 0 saturated carbocycles. The van der Waals surface area contributed by atoms with Crippen LogP contribution in [0.5, 0.6) is 0 Å². The van der Waals surface area contributed by atoms with Gasteiger partial charge in [0.15, 0.2) is 6.10 Å². The molecule has 0 aliphatic carbocycles. The lowest BCUT2D eigenvalue weighted by Crippen LogP contribution is -2.33. The summed E-state index contributed by atoms with van der Waals surface area (Å²) in [6.45, 7) is 1.59. The van der Waals surface area contributed by atoms with E-state index in [1.807, 2.05) is 6.07 Å². The average Bonchev–Trinajstić information content (AvgIpc) is 2.87. The molecule has 4 amide bonds. The quantitative estimate of drug-likeness (QED) is 0.565. The highest BCUT2D eigenvalue weighted by atomic mass is 16.5. The molecule has 1 fully saturated rings. The first-order valence-electron chi connectivity index (χ1n) is 8.37. The Bertz CT molecular complexity index is 801. The van der Waals surface area contributed by atoms with Crippen LogP contribution in [0.1, 0.15) is 25.3 Å². The van der Waals surface area contributed by atoms with Gasteiger partial charge in [-0.2, -0.15) is 5.26 Å². The molecular formula is C18H20N4O5. The van der Waals surface area contributed by atoms with Crippen LogP contribution in [0.15, 0.2) is 24.3 Å². The van der Waals surface area contributed by atoms with Crippen molar-refractivity contribution in [2.75, 3.05) is 25.5 Å². The van der Waals surface area contributed by atoms with Gasteiger partial charge in [0.1, 0.15) is 6.54 Å². The van der Waals surface area contributed by atoms with E-state index in [9.17, 15) is 19.2 Å². The Labute approximate surface area is 156 Å². The van der Waals surface area contributed by atoms with Gasteiger partial charge in [-0.25, -0.2) is 4.79 Å². The number of ether oxygens (including phenoxy) is 1. The molecule has 1 atom stereocenters. The molecule has 0 aromatic heterocycles. The van der Waals surface area contributed by atoms with Crippen LogP contribution >= 0.6 is 0 Å². The van der Waals surface area contributed by atoms with E-state index in [1.165, 1.54) is 24.9 Å². The molecule has 2 rings (SSSR count). The minimum absolute atomic E-state index is 0.0255. The predicted molar refractivity (Wildman–Crippen MR) is 94.3 cm³/mol. The van der Waals surface area contributed by atoms with Gasteiger partial charge in [0.2, 0.25) is 5.91 Å². The highest BCUT2D eigenvalue weighted by molar-refractivity contribution is 6.01. The maximum Gasteiger partial charge on any atom is 0.326 e. The fourth-order valence-corrected chi connectivity index (χ4v) is 2.49. The average molecular weight is 372 g/mol. The largest absolute Gasteiger partial charge is 0.453 e. The number of nitrogens with zero attached hydrogens (tertiary/aromatic N) is 3. The Morgan fingerprint density at radius 3 is 2.74 bits per heavy atom. The lowest BCUT2D eigenvalue weighted by molar-refractivity contribution is -0.153. The summed E-state index contributed by atoms with van der Waals surface area (Å²) in [4.78, 5) is 49.7. The number of hydrogen-bond acceptors (Lipinski definition) is 6. The number of hydrogen-bond donors (Lipinski definition) is 1.